The van der Waals surface area contributed by atoms with Crippen LogP contribution in [0.1, 0.15) is 24.5 Å². The summed E-state index contributed by atoms with van der Waals surface area (Å²) in [6.45, 7) is 3.47. The molecule has 0 bridgehead atoms. The molecule has 1 aliphatic heterocycles. The Morgan fingerprint density at radius 3 is 2.56 bits per heavy atom. The Bertz CT molecular complexity index is 906. The standard InChI is InChI=1S/C19H19FN4O2S/c1-3-19(13-7-5-4-6-8-13)16(25)24(18(26)22-19)23-17(27)21-14-10-9-12(2)15(20)11-14/h4-11H,3H2,1-2H3,(H,22,26)(H2,21,23,27)/t19-/m1/s1. The number of benzene rings is 2. The van der Waals surface area contributed by atoms with E-state index < -0.39 is 17.5 Å². The molecule has 0 aliphatic carbocycles. The van der Waals surface area contributed by atoms with Crippen LogP contribution >= 0.6 is 12.2 Å². The Hall–Kier alpha value is -3.00. The molecule has 8 heteroatoms. The summed E-state index contributed by atoms with van der Waals surface area (Å²) < 4.78 is 13.7. The van der Waals surface area contributed by atoms with Crippen molar-refractivity contribution in [1.29, 1.82) is 0 Å². The molecule has 140 valence electrons. The van der Waals surface area contributed by atoms with Gasteiger partial charge >= 0.3 is 6.03 Å². The van der Waals surface area contributed by atoms with Crippen LogP contribution in [0, 0.1) is 12.7 Å². The van der Waals surface area contributed by atoms with Gasteiger partial charge in [-0.05, 0) is 48.8 Å². The molecule has 2 aromatic carbocycles. The van der Waals surface area contributed by atoms with Gasteiger partial charge in [-0.2, -0.15) is 5.01 Å². The first-order chi connectivity index (χ1) is 12.9. The number of rotatable bonds is 4. The quantitative estimate of drug-likeness (QED) is 0.556. The van der Waals surface area contributed by atoms with Crippen molar-refractivity contribution in [3.05, 3.63) is 65.5 Å². The number of hydrazine groups is 1. The van der Waals surface area contributed by atoms with Gasteiger partial charge in [0.1, 0.15) is 11.4 Å². The SMILES string of the molecule is CC[C@]1(c2ccccc2)NC(=O)N(NC(=S)Nc2ccc(C)c(F)c2)C1=O. The molecule has 1 aliphatic rings. The third kappa shape index (κ3) is 3.48. The Balaban J connectivity index is 1.77. The first kappa shape index (κ1) is 18.8. The second-order valence-corrected chi connectivity index (χ2v) is 6.63. The third-order valence-corrected chi connectivity index (χ3v) is 4.72. The lowest BCUT2D eigenvalue weighted by Crippen LogP contribution is -2.49. The summed E-state index contributed by atoms with van der Waals surface area (Å²) in [6.07, 6.45) is 0.378. The maximum Gasteiger partial charge on any atom is 0.344 e. The van der Waals surface area contributed by atoms with Crippen molar-refractivity contribution in [2.45, 2.75) is 25.8 Å². The van der Waals surface area contributed by atoms with E-state index in [2.05, 4.69) is 16.1 Å². The molecule has 27 heavy (non-hydrogen) atoms. The molecule has 2 aromatic rings. The summed E-state index contributed by atoms with van der Waals surface area (Å²) in [6, 6.07) is 13.0. The monoisotopic (exact) mass is 386 g/mol. The molecular formula is C19H19FN4O2S. The number of carbonyl (C=O) groups is 2. The number of urea groups is 1. The van der Waals surface area contributed by atoms with E-state index in [0.717, 1.165) is 5.01 Å². The van der Waals surface area contributed by atoms with Crippen molar-refractivity contribution < 1.29 is 14.0 Å². The van der Waals surface area contributed by atoms with Gasteiger partial charge in [0.15, 0.2) is 5.11 Å². The molecular weight excluding hydrogens is 367 g/mol. The number of nitrogens with one attached hydrogen (secondary N) is 3. The van der Waals surface area contributed by atoms with E-state index in [1.807, 2.05) is 13.0 Å². The van der Waals surface area contributed by atoms with Crippen LogP contribution in [0.5, 0.6) is 0 Å². The normalized spacial score (nSPS) is 19.0. The minimum atomic E-state index is -1.16. The van der Waals surface area contributed by atoms with Crippen LogP contribution in [0.2, 0.25) is 0 Å². The molecule has 3 N–H and O–H groups in total. The van der Waals surface area contributed by atoms with Crippen LogP contribution in [0.25, 0.3) is 0 Å². The van der Waals surface area contributed by atoms with Gasteiger partial charge in [-0.3, -0.25) is 10.2 Å². The minimum Gasteiger partial charge on any atom is -0.331 e. The molecule has 0 aromatic heterocycles. The van der Waals surface area contributed by atoms with E-state index in [-0.39, 0.29) is 10.9 Å². The Kier molecular flexibility index (Phi) is 5.09. The highest BCUT2D eigenvalue weighted by Gasteiger charge is 2.51. The summed E-state index contributed by atoms with van der Waals surface area (Å²) in [5, 5.41) is 6.36. The first-order valence-electron chi connectivity index (χ1n) is 8.43. The van der Waals surface area contributed by atoms with Crippen LogP contribution in [0.15, 0.2) is 48.5 Å². The van der Waals surface area contributed by atoms with Gasteiger partial charge < -0.3 is 10.6 Å². The summed E-state index contributed by atoms with van der Waals surface area (Å²) in [7, 11) is 0. The lowest BCUT2D eigenvalue weighted by molar-refractivity contribution is -0.133. The second-order valence-electron chi connectivity index (χ2n) is 6.23. The Morgan fingerprint density at radius 2 is 1.93 bits per heavy atom. The zero-order chi connectivity index (χ0) is 19.6. The van der Waals surface area contributed by atoms with E-state index in [9.17, 15) is 14.0 Å². The average molecular weight is 386 g/mol. The topological polar surface area (TPSA) is 73.5 Å². The number of halogens is 1. The van der Waals surface area contributed by atoms with Crippen LogP contribution in [-0.4, -0.2) is 22.1 Å². The second kappa shape index (κ2) is 7.32. The largest absolute Gasteiger partial charge is 0.344 e. The Labute approximate surface area is 161 Å². The van der Waals surface area contributed by atoms with Gasteiger partial charge in [0.25, 0.3) is 5.91 Å². The number of thiocarbonyl (C=S) groups is 1. The third-order valence-electron chi connectivity index (χ3n) is 4.53. The summed E-state index contributed by atoms with van der Waals surface area (Å²) in [5.74, 6) is -0.840. The zero-order valence-corrected chi connectivity index (χ0v) is 15.7. The van der Waals surface area contributed by atoms with Crippen molar-refractivity contribution in [1.82, 2.24) is 15.8 Å². The maximum absolute atomic E-state index is 13.7. The number of imide groups is 1. The number of carbonyl (C=O) groups excluding carboxylic acids is 2. The molecule has 6 nitrogen and oxygen atoms in total. The minimum absolute atomic E-state index is 0.00159. The van der Waals surface area contributed by atoms with Crippen LogP contribution in [-0.2, 0) is 10.3 Å². The van der Waals surface area contributed by atoms with Gasteiger partial charge in [-0.1, -0.05) is 43.3 Å². The molecule has 0 radical (unpaired) electrons. The fourth-order valence-electron chi connectivity index (χ4n) is 2.97. The van der Waals surface area contributed by atoms with E-state index >= 15 is 0 Å². The molecule has 0 saturated carbocycles. The average Bonchev–Trinajstić information content (AvgIpc) is 2.90. The lowest BCUT2D eigenvalue weighted by Gasteiger charge is -2.25. The predicted molar refractivity (Wildman–Crippen MR) is 104 cm³/mol. The first-order valence-corrected chi connectivity index (χ1v) is 8.84. The number of hydrogen-bond donors (Lipinski definition) is 3. The molecule has 1 saturated heterocycles. The van der Waals surface area contributed by atoms with Crippen molar-refractivity contribution in [2.24, 2.45) is 0 Å². The summed E-state index contributed by atoms with van der Waals surface area (Å²) in [4.78, 5) is 25.4. The van der Waals surface area contributed by atoms with Crippen LogP contribution in [0.4, 0.5) is 14.9 Å². The summed E-state index contributed by atoms with van der Waals surface area (Å²) >= 11 is 5.16. The smallest absolute Gasteiger partial charge is 0.331 e. The fraction of sp³-hybridized carbons (Fsp3) is 0.211. The van der Waals surface area contributed by atoms with E-state index in [4.69, 9.17) is 12.2 Å². The van der Waals surface area contributed by atoms with Gasteiger partial charge in [0, 0.05) is 5.69 Å². The van der Waals surface area contributed by atoms with Gasteiger partial charge in [-0.15, -0.1) is 0 Å². The number of amides is 3. The van der Waals surface area contributed by atoms with Crippen molar-refractivity contribution >= 4 is 35.0 Å². The van der Waals surface area contributed by atoms with Crippen molar-refractivity contribution in [3.8, 4) is 0 Å². The molecule has 3 rings (SSSR count). The molecule has 0 unspecified atom stereocenters. The van der Waals surface area contributed by atoms with E-state index in [0.29, 0.717) is 23.2 Å². The molecule has 1 heterocycles. The van der Waals surface area contributed by atoms with E-state index in [1.54, 1.807) is 43.3 Å². The number of hydrogen-bond acceptors (Lipinski definition) is 3. The summed E-state index contributed by atoms with van der Waals surface area (Å²) in [5.41, 5.74) is 3.04. The molecule has 3 amide bonds. The van der Waals surface area contributed by atoms with Gasteiger partial charge in [-0.25, -0.2) is 9.18 Å². The highest BCUT2D eigenvalue weighted by molar-refractivity contribution is 7.80. The van der Waals surface area contributed by atoms with Crippen LogP contribution < -0.4 is 16.1 Å². The highest BCUT2D eigenvalue weighted by Crippen LogP contribution is 2.31. The maximum atomic E-state index is 13.7. The zero-order valence-electron chi connectivity index (χ0n) is 14.9. The number of anilines is 1. The molecule has 0 spiro atoms. The number of aryl methyl sites for hydroxylation is 1. The van der Waals surface area contributed by atoms with Gasteiger partial charge in [0.2, 0.25) is 0 Å². The van der Waals surface area contributed by atoms with Crippen molar-refractivity contribution in [3.63, 3.8) is 0 Å². The lowest BCUT2D eigenvalue weighted by atomic mass is 9.87. The molecule has 1 atom stereocenters. The fourth-order valence-corrected chi connectivity index (χ4v) is 3.18. The highest BCUT2D eigenvalue weighted by atomic mass is 32.1. The Morgan fingerprint density at radius 1 is 1.22 bits per heavy atom. The number of nitrogens with zero attached hydrogens (tertiary/aromatic N) is 1. The predicted octanol–water partition coefficient (Wildman–Crippen LogP) is 3.19. The van der Waals surface area contributed by atoms with Crippen LogP contribution in [0.3, 0.4) is 0 Å². The molecule has 1 fully saturated rings. The van der Waals surface area contributed by atoms with Gasteiger partial charge in [0.05, 0.1) is 0 Å². The van der Waals surface area contributed by atoms with E-state index in [1.165, 1.54) is 6.07 Å². The van der Waals surface area contributed by atoms with Crippen molar-refractivity contribution in [2.75, 3.05) is 5.32 Å².